The zero-order valence-electron chi connectivity index (χ0n) is 12.6. The fourth-order valence-electron chi connectivity index (χ4n) is 3.89. The smallest absolute Gasteiger partial charge is 0.377 e. The number of anilines is 1. The first-order valence-electron chi connectivity index (χ1n) is 7.84. The summed E-state index contributed by atoms with van der Waals surface area (Å²) in [6.07, 6.45) is 0.545. The van der Waals surface area contributed by atoms with Crippen LogP contribution in [0.4, 0.5) is 18.9 Å². The van der Waals surface area contributed by atoms with Gasteiger partial charge in [-0.15, -0.1) is 0 Å². The molecule has 0 saturated heterocycles. The lowest BCUT2D eigenvalue weighted by Crippen LogP contribution is -2.30. The molecule has 24 heavy (non-hydrogen) atoms. The van der Waals surface area contributed by atoms with Gasteiger partial charge in [-0.25, -0.2) is 0 Å². The monoisotopic (exact) mass is 349 g/mol. The van der Waals surface area contributed by atoms with Crippen LogP contribution in [0, 0.1) is 5.92 Å². The average Bonchev–Trinajstić information content (AvgIpc) is 3.02. The molecule has 124 valence electrons. The first kappa shape index (κ1) is 15.6. The van der Waals surface area contributed by atoms with Crippen LogP contribution in [-0.4, -0.2) is 0 Å². The number of alkyl halides is 3. The summed E-state index contributed by atoms with van der Waals surface area (Å²) in [5, 5.41) is 3.76. The molecule has 0 radical (unpaired) electrons. The summed E-state index contributed by atoms with van der Waals surface area (Å²) in [5.74, 6) is 0.187. The van der Waals surface area contributed by atoms with Crippen molar-refractivity contribution in [2.45, 2.75) is 24.6 Å². The number of para-hydroxylation sites is 1. The van der Waals surface area contributed by atoms with E-state index in [1.165, 1.54) is 6.07 Å². The minimum Gasteiger partial charge on any atom is -0.377 e. The Morgan fingerprint density at radius 3 is 2.62 bits per heavy atom. The molecule has 0 unspecified atom stereocenters. The molecule has 0 saturated carbocycles. The lowest BCUT2D eigenvalue weighted by atomic mass is 9.76. The average molecular weight is 350 g/mol. The normalized spacial score (nSPS) is 25.1. The van der Waals surface area contributed by atoms with Gasteiger partial charge >= 0.3 is 6.18 Å². The third-order valence-corrected chi connectivity index (χ3v) is 5.15. The van der Waals surface area contributed by atoms with E-state index < -0.39 is 11.7 Å². The van der Waals surface area contributed by atoms with Crippen LogP contribution >= 0.6 is 11.6 Å². The van der Waals surface area contributed by atoms with Crippen LogP contribution in [0.1, 0.15) is 35.1 Å². The standard InChI is InChI=1S/C19H15ClF3N/c20-12-5-1-4-11(10-12)17-14-7-2-6-13(14)15-8-3-9-16(18(15)24-17)19(21,22)23/h1-6,8-10,13-14,17,24H,7H2/t13-,14-,17-/m1/s1. The Labute approximate surface area is 143 Å². The maximum absolute atomic E-state index is 13.4. The number of hydrogen-bond donors (Lipinski definition) is 1. The highest BCUT2D eigenvalue weighted by Gasteiger charge is 2.42. The second-order valence-corrected chi connectivity index (χ2v) is 6.73. The number of benzene rings is 2. The van der Waals surface area contributed by atoms with Crippen molar-refractivity contribution in [2.75, 3.05) is 5.32 Å². The van der Waals surface area contributed by atoms with E-state index >= 15 is 0 Å². The Balaban J connectivity index is 1.85. The van der Waals surface area contributed by atoms with Crippen molar-refractivity contribution in [3.05, 3.63) is 76.3 Å². The molecule has 3 atom stereocenters. The Morgan fingerprint density at radius 2 is 1.88 bits per heavy atom. The first-order valence-corrected chi connectivity index (χ1v) is 8.22. The van der Waals surface area contributed by atoms with Crippen molar-refractivity contribution in [3.8, 4) is 0 Å². The van der Waals surface area contributed by atoms with Crippen LogP contribution in [0.25, 0.3) is 0 Å². The van der Waals surface area contributed by atoms with Crippen LogP contribution in [0.3, 0.4) is 0 Å². The molecule has 1 heterocycles. The summed E-state index contributed by atoms with van der Waals surface area (Å²) in [7, 11) is 0. The lowest BCUT2D eigenvalue weighted by Gasteiger charge is -2.38. The fraction of sp³-hybridized carbons (Fsp3) is 0.263. The molecule has 2 aliphatic rings. The van der Waals surface area contributed by atoms with Crippen LogP contribution in [0.15, 0.2) is 54.6 Å². The minimum absolute atomic E-state index is 0.00692. The van der Waals surface area contributed by atoms with Crippen molar-refractivity contribution < 1.29 is 13.2 Å². The molecule has 2 aromatic rings. The molecular formula is C19H15ClF3N. The van der Waals surface area contributed by atoms with Gasteiger partial charge in [-0.2, -0.15) is 13.2 Å². The van der Waals surface area contributed by atoms with Crippen molar-refractivity contribution in [1.29, 1.82) is 0 Å². The van der Waals surface area contributed by atoms with Crippen molar-refractivity contribution in [3.63, 3.8) is 0 Å². The van der Waals surface area contributed by atoms with E-state index in [1.54, 1.807) is 12.1 Å². The highest BCUT2D eigenvalue weighted by molar-refractivity contribution is 6.30. The van der Waals surface area contributed by atoms with Gasteiger partial charge in [0.1, 0.15) is 0 Å². The molecule has 0 amide bonds. The van der Waals surface area contributed by atoms with E-state index in [0.29, 0.717) is 5.02 Å². The van der Waals surface area contributed by atoms with E-state index in [0.717, 1.165) is 23.6 Å². The molecule has 1 aliphatic heterocycles. The lowest BCUT2D eigenvalue weighted by molar-refractivity contribution is -0.137. The van der Waals surface area contributed by atoms with Crippen LogP contribution in [0.2, 0.25) is 5.02 Å². The summed E-state index contributed by atoms with van der Waals surface area (Å²) in [6, 6.07) is 11.6. The Hall–Kier alpha value is -1.94. The molecule has 4 rings (SSSR count). The molecule has 0 fully saturated rings. The predicted molar refractivity (Wildman–Crippen MR) is 89.2 cm³/mol. The van der Waals surface area contributed by atoms with Gasteiger partial charge in [-0.1, -0.05) is 48.0 Å². The van der Waals surface area contributed by atoms with Gasteiger partial charge in [-0.05, 0) is 41.7 Å². The summed E-state index contributed by atoms with van der Waals surface area (Å²) >= 11 is 6.09. The molecule has 1 nitrogen and oxygen atoms in total. The minimum atomic E-state index is -4.38. The molecule has 1 N–H and O–H groups in total. The summed E-state index contributed by atoms with van der Waals surface area (Å²) in [4.78, 5) is 0. The number of halogens is 4. The second kappa shape index (κ2) is 5.55. The number of nitrogens with one attached hydrogen (secondary N) is 1. The summed E-state index contributed by atoms with van der Waals surface area (Å²) in [6.45, 7) is 0. The topological polar surface area (TPSA) is 12.0 Å². The quantitative estimate of drug-likeness (QED) is 0.606. The number of hydrogen-bond acceptors (Lipinski definition) is 1. The molecule has 1 aliphatic carbocycles. The van der Waals surface area contributed by atoms with E-state index in [-0.39, 0.29) is 23.6 Å². The van der Waals surface area contributed by atoms with E-state index in [9.17, 15) is 13.2 Å². The van der Waals surface area contributed by atoms with Crippen LogP contribution in [-0.2, 0) is 6.18 Å². The molecule has 5 heteroatoms. The Kier molecular flexibility index (Phi) is 3.61. The van der Waals surface area contributed by atoms with Crippen LogP contribution < -0.4 is 5.32 Å². The molecular weight excluding hydrogens is 335 g/mol. The molecule has 0 bridgehead atoms. The van der Waals surface area contributed by atoms with Crippen LogP contribution in [0.5, 0.6) is 0 Å². The van der Waals surface area contributed by atoms with Crippen molar-refractivity contribution in [2.24, 2.45) is 5.92 Å². The van der Waals surface area contributed by atoms with Gasteiger partial charge < -0.3 is 5.32 Å². The zero-order valence-corrected chi connectivity index (χ0v) is 13.4. The Morgan fingerprint density at radius 1 is 1.08 bits per heavy atom. The van der Waals surface area contributed by atoms with E-state index in [4.69, 9.17) is 11.6 Å². The maximum Gasteiger partial charge on any atom is 0.418 e. The molecule has 0 aromatic heterocycles. The largest absolute Gasteiger partial charge is 0.418 e. The van der Waals surface area contributed by atoms with Crippen molar-refractivity contribution >= 4 is 17.3 Å². The molecule has 2 aromatic carbocycles. The summed E-state index contributed by atoms with van der Waals surface area (Å²) < 4.78 is 40.3. The van der Waals surface area contributed by atoms with Crippen molar-refractivity contribution in [1.82, 2.24) is 0 Å². The first-order chi connectivity index (χ1) is 11.4. The number of allylic oxidation sites excluding steroid dienone is 2. The van der Waals surface area contributed by atoms with Gasteiger partial charge in [0.15, 0.2) is 0 Å². The highest BCUT2D eigenvalue weighted by atomic mass is 35.5. The third kappa shape index (κ3) is 2.49. The van der Waals surface area contributed by atoms with E-state index in [2.05, 4.69) is 11.4 Å². The number of rotatable bonds is 1. The highest BCUT2D eigenvalue weighted by Crippen LogP contribution is 2.52. The maximum atomic E-state index is 13.4. The SMILES string of the molecule is FC(F)(F)c1cccc2c1N[C@H](c1cccc(Cl)c1)[C@@H]1CC=C[C@@H]21. The predicted octanol–water partition coefficient (Wildman–Crippen LogP) is 6.19. The van der Waals surface area contributed by atoms with Gasteiger partial charge in [0.05, 0.1) is 17.3 Å². The van der Waals surface area contributed by atoms with E-state index in [1.807, 2.05) is 24.3 Å². The third-order valence-electron chi connectivity index (χ3n) is 4.91. The second-order valence-electron chi connectivity index (χ2n) is 6.30. The molecule has 0 spiro atoms. The van der Waals surface area contributed by atoms with Gasteiger partial charge in [0.25, 0.3) is 0 Å². The van der Waals surface area contributed by atoms with Gasteiger partial charge in [0.2, 0.25) is 0 Å². The fourth-order valence-corrected chi connectivity index (χ4v) is 4.09. The van der Waals surface area contributed by atoms with Gasteiger partial charge in [-0.3, -0.25) is 0 Å². The summed E-state index contributed by atoms with van der Waals surface area (Å²) in [5.41, 5.74) is 1.24. The Bertz CT molecular complexity index is 812. The zero-order chi connectivity index (χ0) is 16.9. The number of fused-ring (bicyclic) bond motifs is 3. The van der Waals surface area contributed by atoms with Gasteiger partial charge in [0, 0.05) is 10.9 Å².